The van der Waals surface area contributed by atoms with Crippen molar-refractivity contribution >= 4 is 45.8 Å². The van der Waals surface area contributed by atoms with Crippen molar-refractivity contribution in [2.24, 2.45) is 0 Å². The average molecular weight is 456 g/mol. The van der Waals surface area contributed by atoms with Crippen molar-refractivity contribution in [3.63, 3.8) is 0 Å². The molecular formula is C24H29N3O2S2. The number of rotatable bonds is 6. The molecule has 31 heavy (non-hydrogen) atoms. The number of carbonyl (C=O) groups excluding carboxylic acids is 1. The van der Waals surface area contributed by atoms with Gasteiger partial charge in [0.15, 0.2) is 0 Å². The molecule has 0 amide bonds. The largest absolute Gasteiger partial charge is 0.461 e. The van der Waals surface area contributed by atoms with Gasteiger partial charge in [0.2, 0.25) is 0 Å². The van der Waals surface area contributed by atoms with E-state index in [4.69, 9.17) is 9.72 Å². The van der Waals surface area contributed by atoms with E-state index in [2.05, 4.69) is 59.0 Å². The molecule has 1 aliphatic rings. The van der Waals surface area contributed by atoms with Gasteiger partial charge in [0.05, 0.1) is 15.6 Å². The fraction of sp³-hybridized carbons (Fsp3) is 0.417. The predicted molar refractivity (Wildman–Crippen MR) is 132 cm³/mol. The molecule has 3 aromatic rings. The summed E-state index contributed by atoms with van der Waals surface area (Å²) in [7, 11) is 0. The summed E-state index contributed by atoms with van der Waals surface area (Å²) < 4.78 is 6.54. The Morgan fingerprint density at radius 2 is 1.90 bits per heavy atom. The first kappa shape index (κ1) is 22.1. The molecule has 0 saturated carbocycles. The number of benzene rings is 1. The van der Waals surface area contributed by atoms with Crippen LogP contribution in [0.25, 0.3) is 21.3 Å². The number of likely N-dealkylation sites (N-methyl/N-ethyl adjacent to an activating group) is 1. The zero-order valence-electron chi connectivity index (χ0n) is 18.2. The number of pyridine rings is 1. The molecule has 2 aromatic heterocycles. The second-order valence-electron chi connectivity index (χ2n) is 7.97. The summed E-state index contributed by atoms with van der Waals surface area (Å²) >= 11 is 6.41. The van der Waals surface area contributed by atoms with Crippen molar-refractivity contribution < 1.29 is 9.53 Å². The van der Waals surface area contributed by atoms with E-state index in [1.165, 1.54) is 17.0 Å². The molecule has 1 saturated heterocycles. The van der Waals surface area contributed by atoms with Crippen LogP contribution in [0.5, 0.6) is 0 Å². The number of carbonyl (C=O) groups is 1. The minimum atomic E-state index is -0.291. The van der Waals surface area contributed by atoms with E-state index in [9.17, 15) is 4.79 Å². The number of fused-ring (bicyclic) bond motifs is 1. The maximum absolute atomic E-state index is 11.2. The van der Waals surface area contributed by atoms with Crippen molar-refractivity contribution in [3.05, 3.63) is 47.3 Å². The highest BCUT2D eigenvalue weighted by molar-refractivity contribution is 7.80. The van der Waals surface area contributed by atoms with E-state index in [-0.39, 0.29) is 17.3 Å². The van der Waals surface area contributed by atoms with Crippen LogP contribution in [-0.4, -0.2) is 54.7 Å². The number of aromatic nitrogens is 1. The van der Waals surface area contributed by atoms with Crippen LogP contribution in [0.3, 0.4) is 0 Å². The van der Waals surface area contributed by atoms with Crippen LogP contribution in [0.2, 0.25) is 0 Å². The quantitative estimate of drug-likeness (QED) is 0.417. The Kier molecular flexibility index (Phi) is 6.84. The van der Waals surface area contributed by atoms with Crippen LogP contribution >= 0.6 is 24.0 Å². The van der Waals surface area contributed by atoms with Gasteiger partial charge in [0.1, 0.15) is 11.9 Å². The minimum absolute atomic E-state index is 0.171. The minimum Gasteiger partial charge on any atom is -0.461 e. The van der Waals surface area contributed by atoms with Crippen molar-refractivity contribution in [2.45, 2.75) is 32.1 Å². The second kappa shape index (κ2) is 9.59. The van der Waals surface area contributed by atoms with E-state index in [0.717, 1.165) is 55.4 Å². The van der Waals surface area contributed by atoms with Crippen molar-refractivity contribution in [3.8, 4) is 11.3 Å². The maximum atomic E-state index is 11.2. The summed E-state index contributed by atoms with van der Waals surface area (Å²) in [6, 6.07) is 12.6. The zero-order chi connectivity index (χ0) is 22.0. The summed E-state index contributed by atoms with van der Waals surface area (Å²) in [4.78, 5) is 21.2. The Bertz CT molecular complexity index is 1040. The number of anilines is 1. The number of thiophene rings is 1. The standard InChI is InChI=1S/C24H29N3O2S2/c1-4-26-10-12-27(13-11-26)24-23-20(9-14-31-23)15-21(25-24)18-5-7-19(8-6-18)22(30)16(2)29-17(3)28/h5-9,14-16,22,30H,4,10-13H2,1-3H3. The number of thiol groups is 1. The lowest BCUT2D eigenvalue weighted by Crippen LogP contribution is -2.46. The summed E-state index contributed by atoms with van der Waals surface area (Å²) in [6.07, 6.45) is -0.291. The predicted octanol–water partition coefficient (Wildman–Crippen LogP) is 5.03. The topological polar surface area (TPSA) is 45.7 Å². The highest BCUT2D eigenvalue weighted by atomic mass is 32.1. The van der Waals surface area contributed by atoms with Crippen LogP contribution in [0.4, 0.5) is 5.82 Å². The highest BCUT2D eigenvalue weighted by Gasteiger charge is 2.21. The van der Waals surface area contributed by atoms with E-state index < -0.39 is 0 Å². The van der Waals surface area contributed by atoms with Crippen LogP contribution < -0.4 is 4.90 Å². The normalized spacial score (nSPS) is 17.0. The Labute approximate surface area is 193 Å². The Balaban J connectivity index is 1.60. The number of hydrogen-bond acceptors (Lipinski definition) is 7. The fourth-order valence-electron chi connectivity index (χ4n) is 4.05. The van der Waals surface area contributed by atoms with Crippen LogP contribution in [0.15, 0.2) is 41.8 Å². The molecular weight excluding hydrogens is 426 g/mol. The van der Waals surface area contributed by atoms with Gasteiger partial charge in [0, 0.05) is 38.7 Å². The zero-order valence-corrected chi connectivity index (χ0v) is 20.0. The maximum Gasteiger partial charge on any atom is 0.302 e. The summed E-state index contributed by atoms with van der Waals surface area (Å²) in [6.45, 7) is 10.8. The lowest BCUT2D eigenvalue weighted by molar-refractivity contribution is -0.145. The monoisotopic (exact) mass is 455 g/mol. The van der Waals surface area contributed by atoms with Crippen LogP contribution in [-0.2, 0) is 9.53 Å². The molecule has 0 radical (unpaired) electrons. The number of esters is 1. The summed E-state index contributed by atoms with van der Waals surface area (Å²) in [5.74, 6) is 0.807. The first-order chi connectivity index (χ1) is 15.0. The molecule has 0 N–H and O–H groups in total. The molecule has 0 spiro atoms. The van der Waals surface area contributed by atoms with Gasteiger partial charge in [-0.2, -0.15) is 12.6 Å². The van der Waals surface area contributed by atoms with Gasteiger partial charge >= 0.3 is 5.97 Å². The molecule has 1 fully saturated rings. The second-order valence-corrected chi connectivity index (χ2v) is 9.45. The molecule has 1 aromatic carbocycles. The number of piperazine rings is 1. The van der Waals surface area contributed by atoms with Gasteiger partial charge in [-0.15, -0.1) is 11.3 Å². The van der Waals surface area contributed by atoms with E-state index in [1.54, 1.807) is 11.3 Å². The Hall–Kier alpha value is -2.09. The van der Waals surface area contributed by atoms with Gasteiger partial charge in [0.25, 0.3) is 0 Å². The van der Waals surface area contributed by atoms with Gasteiger partial charge in [-0.25, -0.2) is 4.98 Å². The van der Waals surface area contributed by atoms with Crippen LogP contribution in [0, 0.1) is 0 Å². The van der Waals surface area contributed by atoms with Gasteiger partial charge < -0.3 is 14.5 Å². The molecule has 164 valence electrons. The SMILES string of the molecule is CCN1CCN(c2nc(-c3ccc(C(S)C(C)OC(C)=O)cc3)cc3ccsc23)CC1. The highest BCUT2D eigenvalue weighted by Crippen LogP contribution is 2.35. The van der Waals surface area contributed by atoms with Crippen molar-refractivity contribution in [1.29, 1.82) is 0 Å². The average Bonchev–Trinajstić information content (AvgIpc) is 3.26. The molecule has 2 atom stereocenters. The molecule has 2 unspecified atom stereocenters. The summed E-state index contributed by atoms with van der Waals surface area (Å²) in [5.41, 5.74) is 3.08. The molecule has 1 aliphatic heterocycles. The van der Waals surface area contributed by atoms with Crippen LogP contribution in [0.1, 0.15) is 31.6 Å². The number of ether oxygens (including phenoxy) is 1. The number of nitrogens with zero attached hydrogens (tertiary/aromatic N) is 3. The first-order valence-electron chi connectivity index (χ1n) is 10.8. The molecule has 4 rings (SSSR count). The van der Waals surface area contributed by atoms with Crippen molar-refractivity contribution in [2.75, 3.05) is 37.6 Å². The van der Waals surface area contributed by atoms with Gasteiger partial charge in [-0.1, -0.05) is 31.2 Å². The lowest BCUT2D eigenvalue weighted by atomic mass is 10.0. The van der Waals surface area contributed by atoms with Gasteiger partial charge in [-0.3, -0.25) is 4.79 Å². The molecule has 5 nitrogen and oxygen atoms in total. The molecule has 0 aliphatic carbocycles. The van der Waals surface area contributed by atoms with E-state index >= 15 is 0 Å². The Morgan fingerprint density at radius 1 is 1.19 bits per heavy atom. The Morgan fingerprint density at radius 3 is 2.55 bits per heavy atom. The molecule has 3 heterocycles. The smallest absolute Gasteiger partial charge is 0.302 e. The first-order valence-corrected chi connectivity index (χ1v) is 12.2. The van der Waals surface area contributed by atoms with Gasteiger partial charge in [-0.05, 0) is 41.9 Å². The van der Waals surface area contributed by atoms with E-state index in [0.29, 0.717) is 0 Å². The number of hydrogen-bond donors (Lipinski definition) is 1. The molecule has 7 heteroatoms. The third-order valence-electron chi connectivity index (χ3n) is 5.88. The third kappa shape index (κ3) is 4.89. The summed E-state index contributed by atoms with van der Waals surface area (Å²) in [5, 5.41) is 3.21. The fourth-order valence-corrected chi connectivity index (χ4v) is 5.17. The third-order valence-corrected chi connectivity index (χ3v) is 7.52. The molecule has 0 bridgehead atoms. The van der Waals surface area contributed by atoms with E-state index in [1.807, 2.05) is 19.1 Å². The van der Waals surface area contributed by atoms with Crippen molar-refractivity contribution in [1.82, 2.24) is 9.88 Å². The lowest BCUT2D eigenvalue weighted by Gasteiger charge is -2.35.